The second kappa shape index (κ2) is 6.19. The van der Waals surface area contributed by atoms with Gasteiger partial charge in [0.1, 0.15) is 10.7 Å². The fraction of sp³-hybridized carbons (Fsp3) is 0. The van der Waals surface area contributed by atoms with Gasteiger partial charge >= 0.3 is 0 Å². The number of carbonyl (C=O) groups excluding carboxylic acids is 1. The van der Waals surface area contributed by atoms with Gasteiger partial charge in [0.2, 0.25) is 0 Å². The molecule has 0 radical (unpaired) electrons. The first-order valence-corrected chi connectivity index (χ1v) is 7.16. The molecule has 0 aromatic heterocycles. The normalized spacial score (nSPS) is 10.1. The van der Waals surface area contributed by atoms with Crippen LogP contribution in [0.1, 0.15) is 15.9 Å². The first-order valence-electron chi connectivity index (χ1n) is 5.67. The highest BCUT2D eigenvalue weighted by molar-refractivity contribution is 14.1. The average molecular weight is 398 g/mol. The second-order valence-corrected chi connectivity index (χ2v) is 5.74. The molecule has 20 heavy (non-hydrogen) atoms. The largest absolute Gasteiger partial charge is 0.507 e. The van der Waals surface area contributed by atoms with Crippen molar-refractivity contribution >= 4 is 51.4 Å². The molecule has 0 unspecified atom stereocenters. The van der Waals surface area contributed by atoms with Crippen LogP contribution in [0.5, 0.6) is 5.75 Å². The van der Waals surface area contributed by atoms with Crippen molar-refractivity contribution in [2.45, 2.75) is 0 Å². The number of phenolic OH excluding ortho intramolecular Hbond substituents is 1. The van der Waals surface area contributed by atoms with Gasteiger partial charge in [-0.05, 0) is 65.1 Å². The van der Waals surface area contributed by atoms with Crippen LogP contribution < -0.4 is 11.1 Å². The van der Waals surface area contributed by atoms with Crippen LogP contribution >= 0.6 is 34.8 Å². The van der Waals surface area contributed by atoms with Gasteiger partial charge in [0.05, 0.1) is 5.56 Å². The van der Waals surface area contributed by atoms with Crippen LogP contribution in [0, 0.1) is 3.57 Å². The molecule has 4 nitrogen and oxygen atoms in total. The zero-order valence-corrected chi connectivity index (χ0v) is 13.2. The molecular formula is C14H11IN2O2S. The van der Waals surface area contributed by atoms with E-state index in [4.69, 9.17) is 18.0 Å². The molecule has 4 N–H and O–H groups in total. The number of nitrogens with one attached hydrogen (secondary N) is 1. The first-order chi connectivity index (χ1) is 9.47. The highest BCUT2D eigenvalue weighted by atomic mass is 127. The molecular weight excluding hydrogens is 387 g/mol. The van der Waals surface area contributed by atoms with E-state index in [2.05, 4.69) is 27.9 Å². The van der Waals surface area contributed by atoms with E-state index in [0.29, 0.717) is 10.7 Å². The van der Waals surface area contributed by atoms with Gasteiger partial charge < -0.3 is 16.2 Å². The van der Waals surface area contributed by atoms with E-state index in [1.165, 1.54) is 6.07 Å². The minimum Gasteiger partial charge on any atom is -0.507 e. The van der Waals surface area contributed by atoms with Crippen LogP contribution in [0.25, 0.3) is 0 Å². The Hall–Kier alpha value is -1.67. The Bertz CT molecular complexity index is 671. The van der Waals surface area contributed by atoms with Gasteiger partial charge in [-0.25, -0.2) is 0 Å². The number of carbonyl (C=O) groups is 1. The summed E-state index contributed by atoms with van der Waals surface area (Å²) in [7, 11) is 0. The van der Waals surface area contributed by atoms with Gasteiger partial charge in [0, 0.05) is 14.8 Å². The number of hydrogen-bond acceptors (Lipinski definition) is 3. The number of aromatic hydroxyl groups is 1. The summed E-state index contributed by atoms with van der Waals surface area (Å²) < 4.78 is 0.870. The number of anilines is 1. The lowest BCUT2D eigenvalue weighted by Crippen LogP contribution is -2.13. The summed E-state index contributed by atoms with van der Waals surface area (Å²) in [6, 6.07) is 11.7. The minimum absolute atomic E-state index is 0.0531. The molecule has 0 aliphatic rings. The fourth-order valence-corrected chi connectivity index (χ4v) is 2.23. The van der Waals surface area contributed by atoms with E-state index in [0.717, 1.165) is 9.13 Å². The fourth-order valence-electron chi connectivity index (χ4n) is 1.61. The Morgan fingerprint density at radius 1 is 1.20 bits per heavy atom. The number of nitrogens with two attached hydrogens (primary N) is 1. The molecule has 6 heteroatoms. The number of rotatable bonds is 3. The maximum atomic E-state index is 12.1. The predicted molar refractivity (Wildman–Crippen MR) is 91.1 cm³/mol. The van der Waals surface area contributed by atoms with E-state index in [1.807, 2.05) is 0 Å². The van der Waals surface area contributed by atoms with Crippen LogP contribution in [0.15, 0.2) is 42.5 Å². The molecule has 0 heterocycles. The molecule has 0 bridgehead atoms. The van der Waals surface area contributed by atoms with Gasteiger partial charge in [-0.1, -0.05) is 12.2 Å². The molecule has 1 amide bonds. The van der Waals surface area contributed by atoms with Gasteiger partial charge in [-0.15, -0.1) is 0 Å². The minimum atomic E-state index is -0.371. The molecule has 0 saturated carbocycles. The zero-order valence-electron chi connectivity index (χ0n) is 10.3. The van der Waals surface area contributed by atoms with Crippen LogP contribution in [0.2, 0.25) is 0 Å². The summed E-state index contributed by atoms with van der Waals surface area (Å²) in [4.78, 5) is 12.4. The molecule has 2 aromatic carbocycles. The highest BCUT2D eigenvalue weighted by Crippen LogP contribution is 2.21. The summed E-state index contributed by atoms with van der Waals surface area (Å²) in [5, 5.41) is 12.4. The molecule has 0 aliphatic carbocycles. The molecule has 0 fully saturated rings. The number of amides is 1. The third kappa shape index (κ3) is 3.45. The molecule has 0 atom stereocenters. The van der Waals surface area contributed by atoms with Crippen molar-refractivity contribution in [3.8, 4) is 5.75 Å². The Morgan fingerprint density at radius 3 is 2.45 bits per heavy atom. The summed E-state index contributed by atoms with van der Waals surface area (Å²) in [5.41, 5.74) is 7.07. The average Bonchev–Trinajstić information content (AvgIpc) is 2.42. The molecule has 2 aromatic rings. The quantitative estimate of drug-likeness (QED) is 0.549. The van der Waals surface area contributed by atoms with Crippen molar-refractivity contribution < 1.29 is 9.90 Å². The van der Waals surface area contributed by atoms with E-state index in [9.17, 15) is 9.90 Å². The monoisotopic (exact) mass is 398 g/mol. The van der Waals surface area contributed by atoms with Gasteiger partial charge in [0.15, 0.2) is 0 Å². The number of thiocarbonyl (C=S) groups is 1. The number of halogens is 1. The topological polar surface area (TPSA) is 75.3 Å². The molecule has 0 saturated heterocycles. The lowest BCUT2D eigenvalue weighted by Gasteiger charge is -2.08. The number of hydrogen-bond donors (Lipinski definition) is 3. The zero-order chi connectivity index (χ0) is 14.7. The molecule has 102 valence electrons. The number of benzene rings is 2. The third-order valence-corrected chi connectivity index (χ3v) is 3.54. The van der Waals surface area contributed by atoms with Crippen LogP contribution in [0.3, 0.4) is 0 Å². The van der Waals surface area contributed by atoms with Crippen LogP contribution in [-0.4, -0.2) is 16.0 Å². The van der Waals surface area contributed by atoms with Gasteiger partial charge in [0.25, 0.3) is 5.91 Å². The van der Waals surface area contributed by atoms with E-state index in [-0.39, 0.29) is 17.2 Å². The molecule has 2 rings (SSSR count). The summed E-state index contributed by atoms with van der Waals surface area (Å²) >= 11 is 6.94. The predicted octanol–water partition coefficient (Wildman–Crippen LogP) is 2.88. The van der Waals surface area contributed by atoms with Crippen molar-refractivity contribution in [3.63, 3.8) is 0 Å². The lowest BCUT2D eigenvalue weighted by atomic mass is 10.1. The van der Waals surface area contributed by atoms with Crippen molar-refractivity contribution in [1.82, 2.24) is 0 Å². The van der Waals surface area contributed by atoms with Crippen molar-refractivity contribution in [2.24, 2.45) is 5.73 Å². The smallest absolute Gasteiger partial charge is 0.259 e. The van der Waals surface area contributed by atoms with Gasteiger partial charge in [-0.3, -0.25) is 4.79 Å². The first kappa shape index (κ1) is 14.7. The maximum Gasteiger partial charge on any atom is 0.259 e. The van der Waals surface area contributed by atoms with E-state index in [1.54, 1.807) is 36.4 Å². The Labute approximate surface area is 135 Å². The van der Waals surface area contributed by atoms with Crippen molar-refractivity contribution in [3.05, 3.63) is 57.2 Å². The van der Waals surface area contributed by atoms with Gasteiger partial charge in [-0.2, -0.15) is 0 Å². The molecule has 0 spiro atoms. The summed E-state index contributed by atoms with van der Waals surface area (Å²) in [6.07, 6.45) is 0. The van der Waals surface area contributed by atoms with Crippen LogP contribution in [-0.2, 0) is 0 Å². The third-order valence-electron chi connectivity index (χ3n) is 2.63. The second-order valence-electron chi connectivity index (χ2n) is 4.06. The standard InChI is InChI=1S/C14H11IN2O2S/c15-9-3-6-12(18)11(7-9)14(19)17-10-4-1-8(2-5-10)13(16)20/h1-7,18H,(H2,16,20)(H,17,19). The summed E-state index contributed by atoms with van der Waals surface area (Å²) in [6.45, 7) is 0. The number of phenols is 1. The van der Waals surface area contributed by atoms with Crippen LogP contribution in [0.4, 0.5) is 5.69 Å². The Kier molecular flexibility index (Phi) is 4.56. The van der Waals surface area contributed by atoms with E-state index < -0.39 is 0 Å². The SMILES string of the molecule is NC(=S)c1ccc(NC(=O)c2cc(I)ccc2O)cc1. The Morgan fingerprint density at radius 2 is 1.85 bits per heavy atom. The molecule has 0 aliphatic heterocycles. The Balaban J connectivity index is 2.19. The van der Waals surface area contributed by atoms with E-state index >= 15 is 0 Å². The lowest BCUT2D eigenvalue weighted by molar-refractivity contribution is 0.102. The highest BCUT2D eigenvalue weighted by Gasteiger charge is 2.11. The van der Waals surface area contributed by atoms with Crippen molar-refractivity contribution in [1.29, 1.82) is 0 Å². The van der Waals surface area contributed by atoms with Crippen molar-refractivity contribution in [2.75, 3.05) is 5.32 Å². The maximum absolute atomic E-state index is 12.1. The summed E-state index contributed by atoms with van der Waals surface area (Å²) in [5.74, 6) is -0.424.